The summed E-state index contributed by atoms with van der Waals surface area (Å²) in [4.78, 5) is 0. The first-order chi connectivity index (χ1) is 31.2. The van der Waals surface area contributed by atoms with Crippen molar-refractivity contribution in [1.29, 1.82) is 0 Å². The Hall–Kier alpha value is -7.98. The number of nitrogens with zero attached hydrogens (tertiary/aromatic N) is 2. The second kappa shape index (κ2) is 13.3. The standard InChI is InChI=1S/C60H36N2S/c1-2-16-45-43(14-1)44-15-3-4-17-46(44)51-36-42(27-28-47(45)51)62-56-22-9-6-19-49(56)53-34-39(25-30-58(53)62)38-24-29-57-52(33-38)48-18-5-8-21-55(48)61(57)41-13-11-12-37(32-41)40-26-31-60-54(35-40)50-20-7-10-23-59(50)63-60/h1-36H. The van der Waals surface area contributed by atoms with Crippen molar-refractivity contribution < 1.29 is 0 Å². The predicted molar refractivity (Wildman–Crippen MR) is 271 cm³/mol. The van der Waals surface area contributed by atoms with Gasteiger partial charge in [0.1, 0.15) is 0 Å². The molecular formula is C60H36N2S. The van der Waals surface area contributed by atoms with Gasteiger partial charge in [-0.1, -0.05) is 140 Å². The molecule has 0 spiro atoms. The van der Waals surface area contributed by atoms with Gasteiger partial charge in [-0.3, -0.25) is 0 Å². The van der Waals surface area contributed by atoms with Crippen LogP contribution >= 0.6 is 11.3 Å². The molecule has 3 heterocycles. The van der Waals surface area contributed by atoms with E-state index in [1.165, 1.54) is 124 Å². The molecule has 11 aromatic carbocycles. The van der Waals surface area contributed by atoms with E-state index < -0.39 is 0 Å². The maximum Gasteiger partial charge on any atom is 0.0541 e. The van der Waals surface area contributed by atoms with Gasteiger partial charge < -0.3 is 9.13 Å². The van der Waals surface area contributed by atoms with Crippen molar-refractivity contribution in [2.24, 2.45) is 0 Å². The fraction of sp³-hybridized carbons (Fsp3) is 0. The van der Waals surface area contributed by atoms with E-state index in [0.717, 1.165) is 5.69 Å². The van der Waals surface area contributed by atoms with E-state index in [1.54, 1.807) is 0 Å². The zero-order chi connectivity index (χ0) is 41.2. The van der Waals surface area contributed by atoms with Crippen LogP contribution in [0.25, 0.3) is 130 Å². The van der Waals surface area contributed by atoms with E-state index in [0.29, 0.717) is 0 Å². The topological polar surface area (TPSA) is 9.86 Å². The first-order valence-corrected chi connectivity index (χ1v) is 22.5. The van der Waals surface area contributed by atoms with Crippen molar-refractivity contribution in [3.8, 4) is 33.6 Å². The monoisotopic (exact) mass is 816 g/mol. The third-order valence-electron chi connectivity index (χ3n) is 13.5. The minimum absolute atomic E-state index is 1.16. The van der Waals surface area contributed by atoms with E-state index in [9.17, 15) is 0 Å². The number of rotatable bonds is 4. The summed E-state index contributed by atoms with van der Waals surface area (Å²) in [5, 5.41) is 15.4. The fourth-order valence-electron chi connectivity index (χ4n) is 10.6. The highest BCUT2D eigenvalue weighted by atomic mass is 32.1. The number of hydrogen-bond donors (Lipinski definition) is 0. The molecule has 2 nitrogen and oxygen atoms in total. The largest absolute Gasteiger partial charge is 0.309 e. The lowest BCUT2D eigenvalue weighted by atomic mass is 9.94. The Labute approximate surface area is 366 Å². The molecule has 0 atom stereocenters. The fourth-order valence-corrected chi connectivity index (χ4v) is 11.7. The van der Waals surface area contributed by atoms with E-state index in [-0.39, 0.29) is 0 Å². The van der Waals surface area contributed by atoms with Crippen LogP contribution in [0.5, 0.6) is 0 Å². The van der Waals surface area contributed by atoms with Gasteiger partial charge in [0.15, 0.2) is 0 Å². The minimum Gasteiger partial charge on any atom is -0.309 e. The lowest BCUT2D eigenvalue weighted by Crippen LogP contribution is -1.95. The van der Waals surface area contributed by atoms with Gasteiger partial charge >= 0.3 is 0 Å². The Balaban J connectivity index is 0.902. The van der Waals surface area contributed by atoms with Crippen molar-refractivity contribution in [2.75, 3.05) is 0 Å². The molecule has 0 aliphatic carbocycles. The van der Waals surface area contributed by atoms with Crippen molar-refractivity contribution in [1.82, 2.24) is 9.13 Å². The van der Waals surface area contributed by atoms with Crippen LogP contribution < -0.4 is 0 Å². The molecule has 0 amide bonds. The predicted octanol–water partition coefficient (Wildman–Crippen LogP) is 17.0. The lowest BCUT2D eigenvalue weighted by molar-refractivity contribution is 1.18. The molecule has 3 heteroatoms. The first kappa shape index (κ1) is 34.7. The second-order valence-electron chi connectivity index (χ2n) is 16.8. The summed E-state index contributed by atoms with van der Waals surface area (Å²) in [5.74, 6) is 0. The van der Waals surface area contributed by atoms with Crippen LogP contribution in [0, 0.1) is 0 Å². The molecular weight excluding hydrogens is 781 g/mol. The summed E-state index contributed by atoms with van der Waals surface area (Å²) in [6.07, 6.45) is 0. The number of para-hydroxylation sites is 2. The smallest absolute Gasteiger partial charge is 0.0541 e. The van der Waals surface area contributed by atoms with Crippen molar-refractivity contribution >= 4 is 107 Å². The minimum atomic E-state index is 1.16. The van der Waals surface area contributed by atoms with E-state index >= 15 is 0 Å². The van der Waals surface area contributed by atoms with Crippen LogP contribution in [0.3, 0.4) is 0 Å². The average Bonchev–Trinajstić information content (AvgIpc) is 4.01. The molecule has 0 radical (unpaired) electrons. The Morgan fingerprint density at radius 1 is 0.222 bits per heavy atom. The van der Waals surface area contributed by atoms with Crippen LogP contribution in [-0.2, 0) is 0 Å². The maximum absolute atomic E-state index is 2.45. The molecule has 0 aliphatic rings. The van der Waals surface area contributed by atoms with Crippen molar-refractivity contribution in [3.05, 3.63) is 218 Å². The van der Waals surface area contributed by atoms with Gasteiger partial charge in [0, 0.05) is 53.1 Å². The number of benzene rings is 11. The van der Waals surface area contributed by atoms with Gasteiger partial charge in [0.2, 0.25) is 0 Å². The molecule has 14 aromatic rings. The highest BCUT2D eigenvalue weighted by molar-refractivity contribution is 7.25. The summed E-state index contributed by atoms with van der Waals surface area (Å²) in [5.41, 5.74) is 12.0. The number of aromatic nitrogens is 2. The van der Waals surface area contributed by atoms with Gasteiger partial charge in [-0.2, -0.15) is 0 Å². The van der Waals surface area contributed by atoms with Crippen LogP contribution in [0.1, 0.15) is 0 Å². The number of hydrogen-bond acceptors (Lipinski definition) is 1. The average molecular weight is 817 g/mol. The third kappa shape index (κ3) is 5.12. The van der Waals surface area contributed by atoms with Gasteiger partial charge in [-0.25, -0.2) is 0 Å². The Morgan fingerprint density at radius 3 is 1.27 bits per heavy atom. The normalized spacial score (nSPS) is 12.1. The molecule has 3 aromatic heterocycles. The lowest BCUT2D eigenvalue weighted by Gasteiger charge is -2.14. The molecule has 0 aliphatic heterocycles. The molecule has 14 rings (SSSR count). The van der Waals surface area contributed by atoms with Crippen LogP contribution in [0.4, 0.5) is 0 Å². The van der Waals surface area contributed by atoms with Crippen LogP contribution in [0.15, 0.2) is 218 Å². The molecule has 63 heavy (non-hydrogen) atoms. The highest BCUT2D eigenvalue weighted by Crippen LogP contribution is 2.42. The van der Waals surface area contributed by atoms with E-state index in [1.807, 2.05) is 11.3 Å². The Morgan fingerprint density at radius 2 is 0.651 bits per heavy atom. The Kier molecular flexibility index (Phi) is 7.30. The summed E-state index contributed by atoms with van der Waals surface area (Å²) in [6.45, 7) is 0. The molecule has 0 fully saturated rings. The van der Waals surface area contributed by atoms with Gasteiger partial charge in [-0.15, -0.1) is 11.3 Å². The second-order valence-corrected chi connectivity index (χ2v) is 17.9. The van der Waals surface area contributed by atoms with Crippen molar-refractivity contribution in [3.63, 3.8) is 0 Å². The molecule has 0 N–H and O–H groups in total. The molecule has 292 valence electrons. The zero-order valence-corrected chi connectivity index (χ0v) is 34.9. The van der Waals surface area contributed by atoms with Crippen LogP contribution in [-0.4, -0.2) is 9.13 Å². The number of fused-ring (bicyclic) bond motifs is 15. The quantitative estimate of drug-likeness (QED) is 0.157. The first-order valence-electron chi connectivity index (χ1n) is 21.7. The molecule has 0 unspecified atom stereocenters. The summed E-state index contributed by atoms with van der Waals surface area (Å²) < 4.78 is 7.54. The SMILES string of the molecule is c1cc(-c2ccc3sc4ccccc4c3c2)cc(-n2c3ccccc3c3cc(-c4ccc5c(c4)c4ccccc4n5-c4ccc5c6ccccc6c6ccccc6c5c4)ccc32)c1. The number of thiophene rings is 1. The van der Waals surface area contributed by atoms with Crippen molar-refractivity contribution in [2.45, 2.75) is 0 Å². The zero-order valence-electron chi connectivity index (χ0n) is 34.1. The third-order valence-corrected chi connectivity index (χ3v) is 14.6. The molecule has 0 saturated heterocycles. The summed E-state index contributed by atoms with van der Waals surface area (Å²) in [7, 11) is 0. The van der Waals surface area contributed by atoms with E-state index in [2.05, 4.69) is 228 Å². The molecule has 0 saturated carbocycles. The summed E-state index contributed by atoms with van der Waals surface area (Å²) in [6, 6.07) is 81.1. The highest BCUT2D eigenvalue weighted by Gasteiger charge is 2.18. The Bertz CT molecular complexity index is 4180. The maximum atomic E-state index is 2.45. The molecule has 0 bridgehead atoms. The van der Waals surface area contributed by atoms with Gasteiger partial charge in [0.25, 0.3) is 0 Å². The van der Waals surface area contributed by atoms with Gasteiger partial charge in [0.05, 0.1) is 22.1 Å². The summed E-state index contributed by atoms with van der Waals surface area (Å²) >= 11 is 1.87. The van der Waals surface area contributed by atoms with Crippen LogP contribution in [0.2, 0.25) is 0 Å². The van der Waals surface area contributed by atoms with E-state index in [4.69, 9.17) is 0 Å². The van der Waals surface area contributed by atoms with Gasteiger partial charge in [-0.05, 0) is 133 Å².